The lowest BCUT2D eigenvalue weighted by Crippen LogP contribution is -2.53. The van der Waals surface area contributed by atoms with Crippen LogP contribution in [0.5, 0.6) is 0 Å². The molecule has 0 amide bonds. The standard InChI is InChI=1S/C22H30O3/c1-2-22(25)12-9-20-19-6-4-15-14-16(24)5-7-17(15)18(19)8-11-21(20,22)10-3-13-23/h1,14,17-20,23,25H,3-13H2/t17-,18+,19+,20-,21-,22-/m0/s1. The van der Waals surface area contributed by atoms with E-state index in [1.54, 1.807) is 0 Å². The van der Waals surface area contributed by atoms with Crippen molar-refractivity contribution in [2.24, 2.45) is 29.1 Å². The summed E-state index contributed by atoms with van der Waals surface area (Å²) in [6, 6.07) is 0. The van der Waals surface area contributed by atoms with Gasteiger partial charge in [0.2, 0.25) is 0 Å². The Morgan fingerprint density at radius 2 is 2.00 bits per heavy atom. The molecule has 0 aromatic rings. The van der Waals surface area contributed by atoms with Gasteiger partial charge in [-0.3, -0.25) is 4.79 Å². The first kappa shape index (κ1) is 17.3. The van der Waals surface area contributed by atoms with Gasteiger partial charge in [0.05, 0.1) is 0 Å². The summed E-state index contributed by atoms with van der Waals surface area (Å²) in [4.78, 5) is 11.8. The number of aliphatic hydroxyl groups is 2. The average Bonchev–Trinajstić information content (AvgIpc) is 2.93. The lowest BCUT2D eigenvalue weighted by molar-refractivity contribution is -0.117. The predicted molar refractivity (Wildman–Crippen MR) is 96.5 cm³/mol. The van der Waals surface area contributed by atoms with Gasteiger partial charge in [-0.15, -0.1) is 6.42 Å². The van der Waals surface area contributed by atoms with Crippen LogP contribution in [-0.4, -0.2) is 28.2 Å². The molecule has 6 atom stereocenters. The van der Waals surface area contributed by atoms with E-state index in [0.717, 1.165) is 51.4 Å². The van der Waals surface area contributed by atoms with Crippen LogP contribution < -0.4 is 0 Å². The van der Waals surface area contributed by atoms with Crippen LogP contribution in [-0.2, 0) is 4.79 Å². The maximum atomic E-state index is 11.8. The Bertz CT molecular complexity index is 630. The topological polar surface area (TPSA) is 57.5 Å². The number of carbonyl (C=O) groups is 1. The van der Waals surface area contributed by atoms with E-state index in [-0.39, 0.29) is 12.0 Å². The molecule has 0 spiro atoms. The van der Waals surface area contributed by atoms with Crippen molar-refractivity contribution in [3.05, 3.63) is 11.6 Å². The molecule has 2 N–H and O–H groups in total. The summed E-state index contributed by atoms with van der Waals surface area (Å²) >= 11 is 0. The summed E-state index contributed by atoms with van der Waals surface area (Å²) in [5.74, 6) is 5.39. The monoisotopic (exact) mass is 342 g/mol. The van der Waals surface area contributed by atoms with E-state index in [9.17, 15) is 15.0 Å². The van der Waals surface area contributed by atoms with Crippen LogP contribution in [0.3, 0.4) is 0 Å². The molecular formula is C22H30O3. The first-order valence-electron chi connectivity index (χ1n) is 10.1. The minimum absolute atomic E-state index is 0.167. The summed E-state index contributed by atoms with van der Waals surface area (Å²) in [7, 11) is 0. The first-order valence-corrected chi connectivity index (χ1v) is 10.1. The molecule has 25 heavy (non-hydrogen) atoms. The normalized spacial score (nSPS) is 45.8. The van der Waals surface area contributed by atoms with Gasteiger partial charge < -0.3 is 10.2 Å². The van der Waals surface area contributed by atoms with Crippen molar-refractivity contribution in [1.29, 1.82) is 0 Å². The molecule has 4 aliphatic carbocycles. The largest absolute Gasteiger partial charge is 0.396 e. The number of aliphatic hydroxyl groups excluding tert-OH is 1. The summed E-state index contributed by atoms with van der Waals surface area (Å²) in [6.45, 7) is 0.167. The Balaban J connectivity index is 1.65. The molecule has 136 valence electrons. The van der Waals surface area contributed by atoms with Crippen LogP contribution in [0.25, 0.3) is 0 Å². The van der Waals surface area contributed by atoms with Gasteiger partial charge in [-0.1, -0.05) is 11.5 Å². The maximum Gasteiger partial charge on any atom is 0.155 e. The number of hydrogen-bond donors (Lipinski definition) is 2. The zero-order valence-corrected chi connectivity index (χ0v) is 15.0. The Hall–Kier alpha value is -1.11. The molecule has 3 heteroatoms. The molecule has 0 heterocycles. The van der Waals surface area contributed by atoms with E-state index in [0.29, 0.717) is 42.3 Å². The minimum atomic E-state index is -1.00. The van der Waals surface area contributed by atoms with Crippen LogP contribution in [0, 0.1) is 41.4 Å². The number of ketones is 1. The Labute approximate surface area is 150 Å². The van der Waals surface area contributed by atoms with Crippen LogP contribution in [0.15, 0.2) is 11.6 Å². The summed E-state index contributed by atoms with van der Waals surface area (Å²) in [5, 5.41) is 20.7. The van der Waals surface area contributed by atoms with Gasteiger partial charge in [-0.2, -0.15) is 0 Å². The molecular weight excluding hydrogens is 312 g/mol. The number of hydrogen-bond acceptors (Lipinski definition) is 3. The SMILES string of the molecule is C#C[C@]1(O)CC[C@H]2[C@@H]3CCC4=CC(=O)CC[C@@H]4[C@H]3CC[C@@]21CCCO. The van der Waals surface area contributed by atoms with E-state index in [1.165, 1.54) is 5.57 Å². The van der Waals surface area contributed by atoms with Crippen molar-refractivity contribution in [1.82, 2.24) is 0 Å². The van der Waals surface area contributed by atoms with Crippen LogP contribution in [0.4, 0.5) is 0 Å². The molecule has 3 saturated carbocycles. The second-order valence-corrected chi connectivity index (χ2v) is 8.87. The Morgan fingerprint density at radius 1 is 1.16 bits per heavy atom. The maximum absolute atomic E-state index is 11.8. The summed E-state index contributed by atoms with van der Waals surface area (Å²) in [6.07, 6.45) is 17.0. The zero-order chi connectivity index (χ0) is 17.7. The van der Waals surface area contributed by atoms with Crippen molar-refractivity contribution >= 4 is 5.78 Å². The van der Waals surface area contributed by atoms with E-state index in [2.05, 4.69) is 5.92 Å². The lowest BCUT2D eigenvalue weighted by atomic mass is 9.49. The highest BCUT2D eigenvalue weighted by Crippen LogP contribution is 2.66. The van der Waals surface area contributed by atoms with Crippen molar-refractivity contribution < 1.29 is 15.0 Å². The molecule has 0 radical (unpaired) electrons. The highest BCUT2D eigenvalue weighted by Gasteiger charge is 2.63. The first-order chi connectivity index (χ1) is 12.0. The van der Waals surface area contributed by atoms with Gasteiger partial charge >= 0.3 is 0 Å². The third kappa shape index (κ3) is 2.45. The fourth-order valence-electron chi connectivity index (χ4n) is 7.14. The highest BCUT2D eigenvalue weighted by molar-refractivity contribution is 5.91. The number of terminal acetylenes is 1. The van der Waals surface area contributed by atoms with E-state index in [1.807, 2.05) is 6.08 Å². The minimum Gasteiger partial charge on any atom is -0.396 e. The van der Waals surface area contributed by atoms with Crippen LogP contribution >= 0.6 is 0 Å². The van der Waals surface area contributed by atoms with E-state index in [4.69, 9.17) is 6.42 Å². The molecule has 0 saturated heterocycles. The second kappa shape index (κ2) is 6.25. The molecule has 0 bridgehead atoms. The molecule has 4 rings (SSSR count). The number of carbonyl (C=O) groups excluding carboxylic acids is 1. The molecule has 3 nitrogen and oxygen atoms in total. The molecule has 0 unspecified atom stereocenters. The van der Waals surface area contributed by atoms with E-state index >= 15 is 0 Å². The van der Waals surface area contributed by atoms with Crippen molar-refractivity contribution in [2.45, 2.75) is 69.8 Å². The predicted octanol–water partition coefficient (Wildman–Crippen LogP) is 3.25. The molecule has 4 aliphatic rings. The fraction of sp³-hybridized carbons (Fsp3) is 0.773. The Kier molecular flexibility index (Phi) is 4.33. The van der Waals surface area contributed by atoms with Gasteiger partial charge in [0.25, 0.3) is 0 Å². The van der Waals surface area contributed by atoms with Crippen LogP contribution in [0.1, 0.15) is 64.2 Å². The average molecular weight is 342 g/mol. The van der Waals surface area contributed by atoms with Gasteiger partial charge in [-0.05, 0) is 87.5 Å². The third-order valence-corrected chi connectivity index (χ3v) is 8.17. The second-order valence-electron chi connectivity index (χ2n) is 8.87. The van der Waals surface area contributed by atoms with Gasteiger partial charge in [0.1, 0.15) is 5.60 Å². The number of rotatable bonds is 3. The van der Waals surface area contributed by atoms with Crippen LogP contribution in [0.2, 0.25) is 0 Å². The van der Waals surface area contributed by atoms with Crippen molar-refractivity contribution in [2.75, 3.05) is 6.61 Å². The van der Waals surface area contributed by atoms with Crippen molar-refractivity contribution in [3.63, 3.8) is 0 Å². The summed E-state index contributed by atoms with van der Waals surface area (Å²) < 4.78 is 0. The highest BCUT2D eigenvalue weighted by atomic mass is 16.3. The zero-order valence-electron chi connectivity index (χ0n) is 15.0. The smallest absolute Gasteiger partial charge is 0.155 e. The quantitative estimate of drug-likeness (QED) is 0.774. The molecule has 0 aromatic carbocycles. The van der Waals surface area contributed by atoms with Gasteiger partial charge in [0, 0.05) is 18.4 Å². The molecule has 0 aliphatic heterocycles. The third-order valence-electron chi connectivity index (χ3n) is 8.17. The summed E-state index contributed by atoms with van der Waals surface area (Å²) in [5.41, 5.74) is 0.180. The molecule has 0 aromatic heterocycles. The van der Waals surface area contributed by atoms with E-state index < -0.39 is 5.60 Å². The fourth-order valence-corrected chi connectivity index (χ4v) is 7.14. The number of fused-ring (bicyclic) bond motifs is 5. The van der Waals surface area contributed by atoms with Gasteiger partial charge in [-0.25, -0.2) is 0 Å². The number of allylic oxidation sites excluding steroid dienone is 1. The Morgan fingerprint density at radius 3 is 2.76 bits per heavy atom. The van der Waals surface area contributed by atoms with Gasteiger partial charge in [0.15, 0.2) is 5.78 Å². The van der Waals surface area contributed by atoms with Crippen molar-refractivity contribution in [3.8, 4) is 12.3 Å². The lowest BCUT2D eigenvalue weighted by Gasteiger charge is -2.56. The molecule has 3 fully saturated rings.